The van der Waals surface area contributed by atoms with E-state index in [1.165, 1.54) is 31.4 Å². The van der Waals surface area contributed by atoms with Gasteiger partial charge in [0.15, 0.2) is 0 Å². The molecular formula is C20H31N3O2. The number of carbonyl (C=O) groups excluding carboxylic acids is 1. The molecule has 1 aliphatic carbocycles. The Morgan fingerprint density at radius 3 is 2.48 bits per heavy atom. The molecule has 1 heterocycles. The molecule has 1 aliphatic heterocycles. The standard InChI is InChI=1S/C20H31N3O2/c1-21(2)17-10-8-16(9-11-17)14-22(3)20(24)19-15-25-13-12-23(19)18-6-4-5-7-18/h8-11,18-19H,4-7,12-15H2,1-3H3. The second-order valence-electron chi connectivity index (χ2n) is 7.52. The molecule has 1 unspecified atom stereocenters. The van der Waals surface area contributed by atoms with Crippen molar-refractivity contribution in [3.63, 3.8) is 0 Å². The lowest BCUT2D eigenvalue weighted by Crippen LogP contribution is -2.56. The molecule has 138 valence electrons. The van der Waals surface area contributed by atoms with Crippen LogP contribution in [0.2, 0.25) is 0 Å². The number of rotatable bonds is 5. The van der Waals surface area contributed by atoms with Crippen LogP contribution < -0.4 is 4.90 Å². The minimum Gasteiger partial charge on any atom is -0.378 e. The van der Waals surface area contributed by atoms with Gasteiger partial charge >= 0.3 is 0 Å². The number of nitrogens with zero attached hydrogens (tertiary/aromatic N) is 3. The zero-order valence-electron chi connectivity index (χ0n) is 15.8. The van der Waals surface area contributed by atoms with Gasteiger partial charge < -0.3 is 14.5 Å². The molecule has 1 saturated heterocycles. The van der Waals surface area contributed by atoms with Gasteiger partial charge in [0, 0.05) is 46.0 Å². The number of likely N-dealkylation sites (N-methyl/N-ethyl adjacent to an activating group) is 1. The van der Waals surface area contributed by atoms with E-state index in [1.807, 2.05) is 26.0 Å². The van der Waals surface area contributed by atoms with Gasteiger partial charge in [0.25, 0.3) is 0 Å². The molecule has 25 heavy (non-hydrogen) atoms. The zero-order valence-corrected chi connectivity index (χ0v) is 15.8. The minimum absolute atomic E-state index is 0.122. The zero-order chi connectivity index (χ0) is 17.8. The van der Waals surface area contributed by atoms with Crippen molar-refractivity contribution in [3.8, 4) is 0 Å². The quantitative estimate of drug-likeness (QED) is 0.821. The van der Waals surface area contributed by atoms with Gasteiger partial charge in [-0.2, -0.15) is 0 Å². The first-order valence-electron chi connectivity index (χ1n) is 9.41. The highest BCUT2D eigenvalue weighted by Gasteiger charge is 2.36. The molecule has 1 amide bonds. The minimum atomic E-state index is -0.122. The van der Waals surface area contributed by atoms with Gasteiger partial charge in [-0.15, -0.1) is 0 Å². The fourth-order valence-electron chi connectivity index (χ4n) is 4.01. The van der Waals surface area contributed by atoms with E-state index < -0.39 is 0 Å². The van der Waals surface area contributed by atoms with Crippen LogP contribution in [0.25, 0.3) is 0 Å². The summed E-state index contributed by atoms with van der Waals surface area (Å²) in [7, 11) is 5.97. The summed E-state index contributed by atoms with van der Waals surface area (Å²) in [4.78, 5) is 19.4. The highest BCUT2D eigenvalue weighted by atomic mass is 16.5. The maximum absolute atomic E-state index is 13.0. The topological polar surface area (TPSA) is 36.0 Å². The molecule has 1 aromatic rings. The maximum atomic E-state index is 13.0. The van der Waals surface area contributed by atoms with Crippen molar-refractivity contribution < 1.29 is 9.53 Å². The van der Waals surface area contributed by atoms with Gasteiger partial charge in [0.2, 0.25) is 5.91 Å². The summed E-state index contributed by atoms with van der Waals surface area (Å²) in [6, 6.07) is 8.84. The third-order valence-corrected chi connectivity index (χ3v) is 5.50. The summed E-state index contributed by atoms with van der Waals surface area (Å²) in [5, 5.41) is 0. The lowest BCUT2D eigenvalue weighted by atomic mass is 10.1. The number of benzene rings is 1. The Kier molecular flexibility index (Phi) is 5.97. The fraction of sp³-hybridized carbons (Fsp3) is 0.650. The second kappa shape index (κ2) is 8.19. The first kappa shape index (κ1) is 18.2. The predicted octanol–water partition coefficient (Wildman–Crippen LogP) is 2.35. The Balaban J connectivity index is 1.63. The van der Waals surface area contributed by atoms with E-state index in [0.29, 0.717) is 19.2 Å². The maximum Gasteiger partial charge on any atom is 0.242 e. The Morgan fingerprint density at radius 2 is 1.84 bits per heavy atom. The van der Waals surface area contributed by atoms with E-state index in [9.17, 15) is 4.79 Å². The van der Waals surface area contributed by atoms with E-state index >= 15 is 0 Å². The molecule has 0 spiro atoms. The molecule has 3 rings (SSSR count). The Labute approximate surface area is 151 Å². The lowest BCUT2D eigenvalue weighted by molar-refractivity contribution is -0.144. The molecule has 1 saturated carbocycles. The SMILES string of the molecule is CN(Cc1ccc(N(C)C)cc1)C(=O)C1COCCN1C1CCCC1. The van der Waals surface area contributed by atoms with Gasteiger partial charge in [-0.25, -0.2) is 0 Å². The third-order valence-electron chi connectivity index (χ3n) is 5.50. The van der Waals surface area contributed by atoms with E-state index in [2.05, 4.69) is 34.1 Å². The van der Waals surface area contributed by atoms with Gasteiger partial charge in [-0.3, -0.25) is 9.69 Å². The second-order valence-corrected chi connectivity index (χ2v) is 7.52. The molecule has 2 aliphatic rings. The van der Waals surface area contributed by atoms with Crippen LogP contribution in [0.1, 0.15) is 31.2 Å². The Hall–Kier alpha value is -1.59. The summed E-state index contributed by atoms with van der Waals surface area (Å²) < 4.78 is 5.64. The first-order chi connectivity index (χ1) is 12.1. The lowest BCUT2D eigenvalue weighted by Gasteiger charge is -2.40. The van der Waals surface area contributed by atoms with Crippen LogP contribution >= 0.6 is 0 Å². The molecule has 1 atom stereocenters. The van der Waals surface area contributed by atoms with Crippen LogP contribution in [0.4, 0.5) is 5.69 Å². The van der Waals surface area contributed by atoms with Gasteiger partial charge in [0.1, 0.15) is 6.04 Å². The largest absolute Gasteiger partial charge is 0.378 e. The Morgan fingerprint density at radius 1 is 1.16 bits per heavy atom. The summed E-state index contributed by atoms with van der Waals surface area (Å²) in [5.41, 5.74) is 2.33. The number of hydrogen-bond acceptors (Lipinski definition) is 4. The summed E-state index contributed by atoms with van der Waals surface area (Å²) in [6.07, 6.45) is 5.02. The molecule has 5 nitrogen and oxygen atoms in total. The van der Waals surface area contributed by atoms with Crippen molar-refractivity contribution in [3.05, 3.63) is 29.8 Å². The normalized spacial score (nSPS) is 22.1. The van der Waals surface area contributed by atoms with Crippen molar-refractivity contribution >= 4 is 11.6 Å². The molecule has 0 bridgehead atoms. The third kappa shape index (κ3) is 4.33. The highest BCUT2D eigenvalue weighted by Crippen LogP contribution is 2.27. The number of ether oxygens (including phenoxy) is 1. The monoisotopic (exact) mass is 345 g/mol. The van der Waals surface area contributed by atoms with Crippen LogP contribution in [0, 0.1) is 0 Å². The van der Waals surface area contributed by atoms with E-state index in [0.717, 1.165) is 18.7 Å². The van der Waals surface area contributed by atoms with E-state index in [1.54, 1.807) is 0 Å². The van der Waals surface area contributed by atoms with Crippen molar-refractivity contribution in [2.24, 2.45) is 0 Å². The number of hydrogen-bond donors (Lipinski definition) is 0. The number of amides is 1. The summed E-state index contributed by atoms with van der Waals surface area (Å²) >= 11 is 0. The van der Waals surface area contributed by atoms with E-state index in [-0.39, 0.29) is 11.9 Å². The van der Waals surface area contributed by atoms with Gasteiger partial charge in [-0.05, 0) is 30.5 Å². The average Bonchev–Trinajstić information content (AvgIpc) is 3.16. The Bertz CT molecular complexity index is 567. The van der Waals surface area contributed by atoms with E-state index in [4.69, 9.17) is 4.74 Å². The van der Waals surface area contributed by atoms with Crippen LogP contribution in [-0.4, -0.2) is 68.7 Å². The summed E-state index contributed by atoms with van der Waals surface area (Å²) in [5.74, 6) is 0.184. The van der Waals surface area contributed by atoms with Crippen LogP contribution in [0.15, 0.2) is 24.3 Å². The van der Waals surface area contributed by atoms with Crippen molar-refractivity contribution in [2.75, 3.05) is 45.8 Å². The molecule has 0 radical (unpaired) electrons. The fourth-order valence-corrected chi connectivity index (χ4v) is 4.01. The van der Waals surface area contributed by atoms with Crippen LogP contribution in [0.3, 0.4) is 0 Å². The highest BCUT2D eigenvalue weighted by molar-refractivity contribution is 5.82. The number of carbonyl (C=O) groups is 1. The smallest absolute Gasteiger partial charge is 0.242 e. The van der Waals surface area contributed by atoms with Crippen molar-refractivity contribution in [2.45, 2.75) is 44.3 Å². The average molecular weight is 345 g/mol. The molecule has 2 fully saturated rings. The van der Waals surface area contributed by atoms with Crippen LogP contribution in [0.5, 0.6) is 0 Å². The molecule has 0 N–H and O–H groups in total. The number of anilines is 1. The molecule has 1 aromatic carbocycles. The predicted molar refractivity (Wildman–Crippen MR) is 101 cm³/mol. The van der Waals surface area contributed by atoms with Gasteiger partial charge in [0.05, 0.1) is 13.2 Å². The molecule has 5 heteroatoms. The molecule has 0 aromatic heterocycles. The molecular weight excluding hydrogens is 314 g/mol. The van der Waals surface area contributed by atoms with Gasteiger partial charge in [-0.1, -0.05) is 25.0 Å². The van der Waals surface area contributed by atoms with Crippen LogP contribution in [-0.2, 0) is 16.1 Å². The first-order valence-corrected chi connectivity index (χ1v) is 9.41. The van der Waals surface area contributed by atoms with Crippen molar-refractivity contribution in [1.82, 2.24) is 9.80 Å². The summed E-state index contributed by atoms with van der Waals surface area (Å²) in [6.45, 7) is 2.79. The number of morpholine rings is 1. The van der Waals surface area contributed by atoms with Crippen molar-refractivity contribution in [1.29, 1.82) is 0 Å².